The molecule has 29 heavy (non-hydrogen) atoms. The number of carboxylic acids is 1. The van der Waals surface area contributed by atoms with Crippen molar-refractivity contribution >= 4 is 11.9 Å². The highest BCUT2D eigenvalue weighted by Gasteiger charge is 2.08. The third-order valence-electron chi connectivity index (χ3n) is 4.35. The average Bonchev–Trinajstić information content (AvgIpc) is 2.71. The minimum atomic E-state index is -0.697. The highest BCUT2D eigenvalue weighted by molar-refractivity contribution is 5.89. The fraction of sp³-hybridized carbons (Fsp3) is 0.440. The van der Waals surface area contributed by atoms with E-state index in [4.69, 9.17) is 9.84 Å². The Balaban J connectivity index is 2.01. The maximum absolute atomic E-state index is 11.9. The lowest BCUT2D eigenvalue weighted by Gasteiger charge is -2.08. The zero-order valence-electron chi connectivity index (χ0n) is 17.5. The molecule has 4 nitrogen and oxygen atoms in total. The minimum Gasteiger partial charge on any atom is -0.481 e. The SMILES string of the molecule is CC(/C=C\C/C=C\C/C=C\CCCCCCCC(=O)O)OC(=O)c1ccccc1. The van der Waals surface area contributed by atoms with Gasteiger partial charge in [0.25, 0.3) is 0 Å². The number of carbonyl (C=O) groups is 2. The molecule has 1 atom stereocenters. The molecule has 0 saturated carbocycles. The van der Waals surface area contributed by atoms with Crippen LogP contribution in [0.4, 0.5) is 0 Å². The van der Waals surface area contributed by atoms with Crippen LogP contribution in [0.3, 0.4) is 0 Å². The standard InChI is InChI=1S/C25H34O4/c1-22(29-25(28)23-19-15-13-16-20-23)18-14-11-9-7-5-3-2-4-6-8-10-12-17-21-24(26)27/h2-3,7,9,13-16,18-20,22H,4-6,8,10-12,17,21H2,1H3,(H,26,27)/b3-2-,9-7-,18-14-. The van der Waals surface area contributed by atoms with Gasteiger partial charge in [-0.3, -0.25) is 4.79 Å². The summed E-state index contributed by atoms with van der Waals surface area (Å²) in [4.78, 5) is 22.3. The molecule has 1 unspecified atom stereocenters. The van der Waals surface area contributed by atoms with Gasteiger partial charge in [0.1, 0.15) is 6.10 Å². The zero-order valence-corrected chi connectivity index (χ0v) is 17.5. The first-order valence-electron chi connectivity index (χ1n) is 10.5. The maximum Gasteiger partial charge on any atom is 0.338 e. The molecule has 0 heterocycles. The summed E-state index contributed by atoms with van der Waals surface area (Å²) in [6, 6.07) is 9.01. The second-order valence-corrected chi connectivity index (χ2v) is 7.02. The fourth-order valence-electron chi connectivity index (χ4n) is 2.75. The molecule has 0 aromatic heterocycles. The molecule has 0 spiro atoms. The molecular formula is C25H34O4. The predicted octanol–water partition coefficient (Wildman–Crippen LogP) is 6.50. The molecule has 0 fully saturated rings. The van der Waals surface area contributed by atoms with Crippen LogP contribution in [-0.4, -0.2) is 23.1 Å². The zero-order chi connectivity index (χ0) is 21.2. The Morgan fingerprint density at radius 3 is 2.24 bits per heavy atom. The number of esters is 1. The van der Waals surface area contributed by atoms with E-state index in [-0.39, 0.29) is 12.1 Å². The highest BCUT2D eigenvalue weighted by Crippen LogP contribution is 2.08. The molecule has 0 bridgehead atoms. The van der Waals surface area contributed by atoms with Crippen molar-refractivity contribution in [2.24, 2.45) is 0 Å². The number of aliphatic carboxylic acids is 1. The van der Waals surface area contributed by atoms with Gasteiger partial charge in [0.15, 0.2) is 0 Å². The van der Waals surface area contributed by atoms with E-state index in [1.165, 1.54) is 0 Å². The van der Waals surface area contributed by atoms with E-state index in [1.807, 2.05) is 37.3 Å². The van der Waals surface area contributed by atoms with Gasteiger partial charge in [-0.05, 0) is 57.2 Å². The average molecular weight is 399 g/mol. The van der Waals surface area contributed by atoms with Gasteiger partial charge in [0.2, 0.25) is 0 Å². The Kier molecular flexibility index (Phi) is 13.8. The summed E-state index contributed by atoms with van der Waals surface area (Å²) >= 11 is 0. The first kappa shape index (κ1) is 24.4. The van der Waals surface area contributed by atoms with Crippen molar-refractivity contribution in [3.05, 3.63) is 72.4 Å². The molecule has 1 rings (SSSR count). The number of carbonyl (C=O) groups excluding carboxylic acids is 1. The second-order valence-electron chi connectivity index (χ2n) is 7.02. The summed E-state index contributed by atoms with van der Waals surface area (Å²) in [7, 11) is 0. The van der Waals surface area contributed by atoms with Crippen LogP contribution >= 0.6 is 0 Å². The molecule has 1 aromatic rings. The number of allylic oxidation sites excluding steroid dienone is 5. The Morgan fingerprint density at radius 2 is 1.52 bits per heavy atom. The van der Waals surface area contributed by atoms with E-state index in [0.717, 1.165) is 51.4 Å². The van der Waals surface area contributed by atoms with E-state index in [2.05, 4.69) is 24.3 Å². The van der Waals surface area contributed by atoms with Crippen LogP contribution < -0.4 is 0 Å². The Labute approximate surface area is 175 Å². The van der Waals surface area contributed by atoms with Crippen LogP contribution in [0, 0.1) is 0 Å². The number of hydrogen-bond donors (Lipinski definition) is 1. The normalized spacial score (nSPS) is 12.7. The topological polar surface area (TPSA) is 63.6 Å². The van der Waals surface area contributed by atoms with Gasteiger partial charge in [-0.25, -0.2) is 4.79 Å². The van der Waals surface area contributed by atoms with Gasteiger partial charge in [0.05, 0.1) is 5.56 Å². The van der Waals surface area contributed by atoms with Crippen molar-refractivity contribution in [3.63, 3.8) is 0 Å². The Bertz CT molecular complexity index is 659. The van der Waals surface area contributed by atoms with Crippen LogP contribution in [0.15, 0.2) is 66.8 Å². The smallest absolute Gasteiger partial charge is 0.338 e. The van der Waals surface area contributed by atoms with E-state index in [1.54, 1.807) is 12.1 Å². The van der Waals surface area contributed by atoms with Gasteiger partial charge >= 0.3 is 11.9 Å². The monoisotopic (exact) mass is 398 g/mol. The number of rotatable bonds is 15. The number of hydrogen-bond acceptors (Lipinski definition) is 3. The van der Waals surface area contributed by atoms with Gasteiger partial charge < -0.3 is 9.84 Å². The van der Waals surface area contributed by atoms with Crippen LogP contribution in [-0.2, 0) is 9.53 Å². The summed E-state index contributed by atoms with van der Waals surface area (Å²) in [5.41, 5.74) is 0.567. The molecule has 4 heteroatoms. The molecule has 0 aliphatic heterocycles. The first-order chi connectivity index (χ1) is 14.1. The van der Waals surface area contributed by atoms with E-state index in [9.17, 15) is 9.59 Å². The Morgan fingerprint density at radius 1 is 0.897 bits per heavy atom. The fourth-order valence-corrected chi connectivity index (χ4v) is 2.75. The van der Waals surface area contributed by atoms with Crippen LogP contribution in [0.2, 0.25) is 0 Å². The van der Waals surface area contributed by atoms with Gasteiger partial charge in [-0.1, -0.05) is 67.8 Å². The quantitative estimate of drug-likeness (QED) is 0.208. The third kappa shape index (κ3) is 14.1. The summed E-state index contributed by atoms with van der Waals surface area (Å²) in [6.45, 7) is 1.86. The van der Waals surface area contributed by atoms with Crippen LogP contribution in [0.5, 0.6) is 0 Å². The van der Waals surface area contributed by atoms with Crippen LogP contribution in [0.1, 0.15) is 75.1 Å². The number of carboxylic acid groups (broad SMARTS) is 1. The van der Waals surface area contributed by atoms with Crippen molar-refractivity contribution in [2.75, 3.05) is 0 Å². The van der Waals surface area contributed by atoms with Crippen molar-refractivity contribution in [1.29, 1.82) is 0 Å². The number of ether oxygens (including phenoxy) is 1. The molecule has 158 valence electrons. The predicted molar refractivity (Wildman–Crippen MR) is 118 cm³/mol. The molecule has 0 aliphatic rings. The largest absolute Gasteiger partial charge is 0.481 e. The number of benzene rings is 1. The molecule has 1 aromatic carbocycles. The maximum atomic E-state index is 11.9. The molecule has 1 N–H and O–H groups in total. The minimum absolute atomic E-state index is 0.250. The third-order valence-corrected chi connectivity index (χ3v) is 4.35. The van der Waals surface area contributed by atoms with E-state index in [0.29, 0.717) is 12.0 Å². The summed E-state index contributed by atoms with van der Waals surface area (Å²) in [6.07, 6.45) is 20.6. The highest BCUT2D eigenvalue weighted by atomic mass is 16.5. The lowest BCUT2D eigenvalue weighted by atomic mass is 10.1. The summed E-state index contributed by atoms with van der Waals surface area (Å²) < 4.78 is 5.37. The molecule has 0 aliphatic carbocycles. The first-order valence-corrected chi connectivity index (χ1v) is 10.5. The Hall–Kier alpha value is -2.62. The number of unbranched alkanes of at least 4 members (excludes halogenated alkanes) is 5. The van der Waals surface area contributed by atoms with Crippen molar-refractivity contribution in [3.8, 4) is 0 Å². The lowest BCUT2D eigenvalue weighted by molar-refractivity contribution is -0.137. The van der Waals surface area contributed by atoms with Crippen LogP contribution in [0.25, 0.3) is 0 Å². The molecular weight excluding hydrogens is 364 g/mol. The van der Waals surface area contributed by atoms with Crippen molar-refractivity contribution < 1.29 is 19.4 Å². The second kappa shape index (κ2) is 16.3. The summed E-state index contributed by atoms with van der Waals surface area (Å²) in [5.74, 6) is -0.999. The van der Waals surface area contributed by atoms with Gasteiger partial charge in [0, 0.05) is 6.42 Å². The molecule has 0 amide bonds. The van der Waals surface area contributed by atoms with E-state index >= 15 is 0 Å². The summed E-state index contributed by atoms with van der Waals surface area (Å²) in [5, 5.41) is 8.56. The van der Waals surface area contributed by atoms with Crippen molar-refractivity contribution in [1.82, 2.24) is 0 Å². The van der Waals surface area contributed by atoms with Crippen molar-refractivity contribution in [2.45, 2.75) is 70.8 Å². The molecule has 0 saturated heterocycles. The lowest BCUT2D eigenvalue weighted by Crippen LogP contribution is -2.12. The van der Waals surface area contributed by atoms with E-state index < -0.39 is 5.97 Å². The van der Waals surface area contributed by atoms with Gasteiger partial charge in [-0.15, -0.1) is 0 Å². The molecule has 0 radical (unpaired) electrons. The van der Waals surface area contributed by atoms with Gasteiger partial charge in [-0.2, -0.15) is 0 Å².